The molecule has 0 spiro atoms. The first kappa shape index (κ1) is 21.2. The number of alkyl halides is 3. The molecule has 10 heteroatoms. The maximum absolute atomic E-state index is 12.6. The van der Waals surface area contributed by atoms with Crippen LogP contribution in [-0.2, 0) is 6.18 Å². The molecule has 0 fully saturated rings. The number of Topliss-reactive ketones (excluding diaryl/α,β-unsaturated/α-hetero) is 1. The number of aromatic nitrogens is 4. The minimum Gasteiger partial charge on any atom is -0.329 e. The molecule has 3 aromatic rings. The lowest BCUT2D eigenvalue weighted by Gasteiger charge is -2.16. The Balaban J connectivity index is 1.72. The Labute approximate surface area is 169 Å². The first-order chi connectivity index (χ1) is 13.4. The molecule has 0 aromatic carbocycles. The van der Waals surface area contributed by atoms with E-state index in [0.717, 1.165) is 11.3 Å². The zero-order valence-corrected chi connectivity index (χ0v) is 17.3. The molecular weight excluding hydrogens is 405 g/mol. The third-order valence-corrected chi connectivity index (χ3v) is 5.60. The highest BCUT2D eigenvalue weighted by molar-refractivity contribution is 7.15. The molecule has 0 N–H and O–H groups in total. The summed E-state index contributed by atoms with van der Waals surface area (Å²) in [5, 5.41) is 7.68. The summed E-state index contributed by atoms with van der Waals surface area (Å²) in [4.78, 5) is 17.1. The molecule has 6 nitrogen and oxygen atoms in total. The van der Waals surface area contributed by atoms with E-state index in [0.29, 0.717) is 16.9 Å². The number of carbonyl (C=O) groups is 1. The Morgan fingerprint density at radius 1 is 1.28 bits per heavy atom. The van der Waals surface area contributed by atoms with Gasteiger partial charge in [0.05, 0.1) is 22.7 Å². The van der Waals surface area contributed by atoms with E-state index in [1.807, 2.05) is 6.92 Å². The summed E-state index contributed by atoms with van der Waals surface area (Å²) in [5.41, 5.74) is 0.624. The van der Waals surface area contributed by atoms with Crippen LogP contribution >= 0.6 is 11.3 Å². The largest absolute Gasteiger partial charge is 0.471 e. The highest BCUT2D eigenvalue weighted by Gasteiger charge is 2.38. The van der Waals surface area contributed by atoms with Crippen LogP contribution in [0.15, 0.2) is 29.0 Å². The second-order valence-corrected chi connectivity index (χ2v) is 9.11. The zero-order chi connectivity index (χ0) is 21.4. The van der Waals surface area contributed by atoms with Gasteiger partial charge in [-0.05, 0) is 30.9 Å². The molecule has 3 aromatic heterocycles. The molecule has 0 saturated heterocycles. The first-order valence-corrected chi connectivity index (χ1v) is 9.84. The summed E-state index contributed by atoms with van der Waals surface area (Å²) in [6.45, 7) is 8.15. The van der Waals surface area contributed by atoms with E-state index < -0.39 is 12.1 Å². The van der Waals surface area contributed by atoms with E-state index in [1.165, 1.54) is 11.3 Å². The summed E-state index contributed by atoms with van der Waals surface area (Å²) in [6, 6.07) is 3.21. The Bertz CT molecular complexity index is 998. The predicted octanol–water partition coefficient (Wildman–Crippen LogP) is 5.63. The molecule has 156 valence electrons. The van der Waals surface area contributed by atoms with E-state index >= 15 is 0 Å². The van der Waals surface area contributed by atoms with Crippen molar-refractivity contribution in [3.8, 4) is 10.7 Å². The van der Waals surface area contributed by atoms with Crippen molar-refractivity contribution >= 4 is 17.1 Å². The topological polar surface area (TPSA) is 73.8 Å². The molecule has 0 amide bonds. The van der Waals surface area contributed by atoms with Crippen molar-refractivity contribution in [2.45, 2.75) is 52.8 Å². The van der Waals surface area contributed by atoms with Crippen LogP contribution in [0.5, 0.6) is 0 Å². The Morgan fingerprint density at radius 2 is 2.00 bits per heavy atom. The first-order valence-electron chi connectivity index (χ1n) is 9.02. The lowest BCUT2D eigenvalue weighted by molar-refractivity contribution is -0.159. The highest BCUT2D eigenvalue weighted by atomic mass is 32.1. The van der Waals surface area contributed by atoms with Crippen LogP contribution in [0.2, 0.25) is 0 Å². The van der Waals surface area contributed by atoms with Crippen LogP contribution in [0.4, 0.5) is 13.2 Å². The third-order valence-electron chi connectivity index (χ3n) is 4.35. The molecule has 3 heterocycles. The van der Waals surface area contributed by atoms with Crippen LogP contribution in [0.3, 0.4) is 0 Å². The van der Waals surface area contributed by atoms with Crippen LogP contribution in [0.25, 0.3) is 10.7 Å². The van der Waals surface area contributed by atoms with Crippen molar-refractivity contribution < 1.29 is 22.5 Å². The Hall–Kier alpha value is -2.49. The summed E-state index contributed by atoms with van der Waals surface area (Å²) in [7, 11) is 0. The molecule has 3 rings (SSSR count). The van der Waals surface area contributed by atoms with Crippen LogP contribution in [0, 0.1) is 5.41 Å². The van der Waals surface area contributed by atoms with Crippen molar-refractivity contribution in [1.29, 1.82) is 0 Å². The molecule has 29 heavy (non-hydrogen) atoms. The van der Waals surface area contributed by atoms with E-state index in [1.54, 1.807) is 29.2 Å². The summed E-state index contributed by atoms with van der Waals surface area (Å²) < 4.78 is 43.8. The lowest BCUT2D eigenvalue weighted by atomic mass is 9.89. The van der Waals surface area contributed by atoms with Gasteiger partial charge in [-0.2, -0.15) is 23.3 Å². The van der Waals surface area contributed by atoms with Crippen molar-refractivity contribution in [1.82, 2.24) is 19.9 Å². The fourth-order valence-electron chi connectivity index (χ4n) is 2.59. The van der Waals surface area contributed by atoms with Gasteiger partial charge in [0.1, 0.15) is 0 Å². The molecule has 0 saturated carbocycles. The number of hydrogen-bond acceptors (Lipinski definition) is 6. The van der Waals surface area contributed by atoms with Gasteiger partial charge in [-0.3, -0.25) is 9.48 Å². The molecule has 0 radical (unpaired) electrons. The second kappa shape index (κ2) is 7.74. The van der Waals surface area contributed by atoms with Gasteiger partial charge in [0.25, 0.3) is 0 Å². The monoisotopic (exact) mass is 426 g/mol. The van der Waals surface area contributed by atoms with Crippen molar-refractivity contribution in [2.75, 3.05) is 0 Å². The fourth-order valence-corrected chi connectivity index (χ4v) is 3.57. The van der Waals surface area contributed by atoms with Gasteiger partial charge in [-0.25, -0.2) is 0 Å². The normalized spacial score (nSPS) is 13.6. The third kappa shape index (κ3) is 5.11. The summed E-state index contributed by atoms with van der Waals surface area (Å²) in [6.07, 6.45) is -0.197. The van der Waals surface area contributed by atoms with Crippen molar-refractivity contribution in [3.05, 3.63) is 40.9 Å². The number of nitrogens with zero attached hydrogens (tertiary/aromatic N) is 4. The molecule has 0 aliphatic heterocycles. The van der Waals surface area contributed by atoms with Crippen LogP contribution < -0.4 is 0 Å². The van der Waals surface area contributed by atoms with Gasteiger partial charge in [0.15, 0.2) is 5.78 Å². The van der Waals surface area contributed by atoms with Crippen molar-refractivity contribution in [3.63, 3.8) is 0 Å². The number of rotatable bonds is 6. The second-order valence-electron chi connectivity index (χ2n) is 7.99. The highest BCUT2D eigenvalue weighted by Crippen LogP contribution is 2.34. The maximum Gasteiger partial charge on any atom is 0.471 e. The fraction of sp³-hybridized carbons (Fsp3) is 0.474. The van der Waals surface area contributed by atoms with E-state index in [-0.39, 0.29) is 23.1 Å². The predicted molar refractivity (Wildman–Crippen MR) is 102 cm³/mol. The van der Waals surface area contributed by atoms with Gasteiger partial charge in [0.2, 0.25) is 5.82 Å². The summed E-state index contributed by atoms with van der Waals surface area (Å²) in [5.74, 6) is -1.45. The maximum atomic E-state index is 12.6. The average Bonchev–Trinajstić information content (AvgIpc) is 3.37. The number of thiophene rings is 1. The lowest BCUT2D eigenvalue weighted by Crippen LogP contribution is -2.09. The number of carbonyl (C=O) groups excluding carboxylic acids is 1. The minimum absolute atomic E-state index is 0.0386. The quantitative estimate of drug-likeness (QED) is 0.478. The molecule has 0 aliphatic carbocycles. The van der Waals surface area contributed by atoms with Crippen LogP contribution in [0.1, 0.15) is 67.7 Å². The van der Waals surface area contributed by atoms with Gasteiger partial charge in [-0.15, -0.1) is 11.3 Å². The zero-order valence-electron chi connectivity index (χ0n) is 16.4. The Kier molecular flexibility index (Phi) is 5.66. The van der Waals surface area contributed by atoms with Crippen LogP contribution in [-0.4, -0.2) is 25.7 Å². The number of ketones is 1. The minimum atomic E-state index is -4.68. The average molecular weight is 426 g/mol. The molecule has 1 unspecified atom stereocenters. The van der Waals surface area contributed by atoms with Gasteiger partial charge >= 0.3 is 12.1 Å². The summed E-state index contributed by atoms with van der Waals surface area (Å²) >= 11 is 1.25. The van der Waals surface area contributed by atoms with E-state index in [2.05, 4.69) is 40.5 Å². The molecule has 1 atom stereocenters. The van der Waals surface area contributed by atoms with E-state index in [9.17, 15) is 18.0 Å². The SMILES string of the molecule is CC(c1ccc(-c2noc(C(F)(F)F)n2)s1)n1cc(C(=O)CCC(C)(C)C)cn1. The molecular formula is C19H21F3N4O2S. The van der Waals surface area contributed by atoms with Gasteiger partial charge < -0.3 is 4.52 Å². The smallest absolute Gasteiger partial charge is 0.329 e. The standard InChI is InChI=1S/C19H21F3N4O2S/c1-11(26-10-12(9-23-26)13(27)7-8-18(2,3)4)14-5-6-15(29-14)16-24-17(28-25-16)19(20,21)22/h5-6,9-11H,7-8H2,1-4H3. The Morgan fingerprint density at radius 3 is 2.62 bits per heavy atom. The van der Waals surface area contributed by atoms with Gasteiger partial charge in [0, 0.05) is 17.5 Å². The van der Waals surface area contributed by atoms with Gasteiger partial charge in [-0.1, -0.05) is 25.9 Å². The van der Waals surface area contributed by atoms with E-state index in [4.69, 9.17) is 0 Å². The number of halogens is 3. The molecule has 0 bridgehead atoms. The molecule has 0 aliphatic rings. The number of hydrogen-bond donors (Lipinski definition) is 0. The van der Waals surface area contributed by atoms with Crippen molar-refractivity contribution in [2.24, 2.45) is 5.41 Å².